The van der Waals surface area contributed by atoms with Gasteiger partial charge in [0.25, 0.3) is 5.91 Å². The fraction of sp³-hybridized carbons (Fsp3) is 0.333. The van der Waals surface area contributed by atoms with Crippen LogP contribution in [0.2, 0.25) is 0 Å². The second-order valence-corrected chi connectivity index (χ2v) is 7.79. The highest BCUT2D eigenvalue weighted by Gasteiger charge is 2.28. The quantitative estimate of drug-likeness (QED) is 0.711. The molecule has 138 valence electrons. The van der Waals surface area contributed by atoms with Crippen LogP contribution >= 0.6 is 0 Å². The second kappa shape index (κ2) is 7.12. The van der Waals surface area contributed by atoms with Gasteiger partial charge < -0.3 is 10.4 Å². The summed E-state index contributed by atoms with van der Waals surface area (Å²) in [6, 6.07) is 6.39. The Morgan fingerprint density at radius 3 is 2.81 bits per heavy atom. The molecule has 0 atom stereocenters. The number of nitrogens with one attached hydrogen (secondary N) is 1. The van der Waals surface area contributed by atoms with Crippen molar-refractivity contribution in [3.8, 4) is 0 Å². The van der Waals surface area contributed by atoms with E-state index in [4.69, 9.17) is 5.11 Å². The van der Waals surface area contributed by atoms with Crippen LogP contribution in [0.4, 0.5) is 5.69 Å². The molecular formula is C15H17N5O5S. The average Bonchev–Trinajstić information content (AvgIpc) is 3.17. The van der Waals surface area contributed by atoms with Crippen LogP contribution in [0.1, 0.15) is 22.5 Å². The first kappa shape index (κ1) is 17.9. The van der Waals surface area contributed by atoms with E-state index in [2.05, 4.69) is 15.6 Å². The number of hydrogen-bond donors (Lipinski definition) is 2. The number of amides is 1. The van der Waals surface area contributed by atoms with Crippen molar-refractivity contribution in [3.05, 3.63) is 41.7 Å². The molecule has 0 aliphatic carbocycles. The summed E-state index contributed by atoms with van der Waals surface area (Å²) < 4.78 is 26.5. The van der Waals surface area contributed by atoms with Gasteiger partial charge in [0.05, 0.1) is 24.2 Å². The summed E-state index contributed by atoms with van der Waals surface area (Å²) in [7, 11) is -3.31. The SMILES string of the molecule is O=C(O)Cn1cc(CNC(=O)c2cccc(N3CCCS3(=O)=O)c2)nn1. The van der Waals surface area contributed by atoms with Gasteiger partial charge in [-0.1, -0.05) is 11.3 Å². The normalized spacial score (nSPS) is 15.8. The van der Waals surface area contributed by atoms with Crippen molar-refractivity contribution in [1.82, 2.24) is 20.3 Å². The lowest BCUT2D eigenvalue weighted by molar-refractivity contribution is -0.137. The molecule has 10 nitrogen and oxygen atoms in total. The molecule has 1 fully saturated rings. The van der Waals surface area contributed by atoms with Crippen molar-refractivity contribution < 1.29 is 23.1 Å². The van der Waals surface area contributed by atoms with Gasteiger partial charge in [-0.15, -0.1) is 5.10 Å². The van der Waals surface area contributed by atoms with Crippen LogP contribution in [0.5, 0.6) is 0 Å². The number of carboxylic acid groups (broad SMARTS) is 1. The zero-order valence-electron chi connectivity index (χ0n) is 13.7. The smallest absolute Gasteiger partial charge is 0.325 e. The Bertz CT molecular complexity index is 939. The molecule has 1 aliphatic heterocycles. The lowest BCUT2D eigenvalue weighted by Gasteiger charge is -2.17. The second-order valence-electron chi connectivity index (χ2n) is 5.78. The molecule has 2 heterocycles. The van der Waals surface area contributed by atoms with Crippen LogP contribution in [0.3, 0.4) is 0 Å². The van der Waals surface area contributed by atoms with Crippen LogP contribution in [0.15, 0.2) is 30.5 Å². The fourth-order valence-corrected chi connectivity index (χ4v) is 4.20. The molecule has 0 unspecified atom stereocenters. The third-order valence-electron chi connectivity index (χ3n) is 3.81. The fourth-order valence-electron chi connectivity index (χ4n) is 2.64. The van der Waals surface area contributed by atoms with Gasteiger partial charge in [0.15, 0.2) is 0 Å². The predicted octanol–water partition coefficient (Wildman–Crippen LogP) is -0.167. The van der Waals surface area contributed by atoms with Gasteiger partial charge >= 0.3 is 5.97 Å². The van der Waals surface area contributed by atoms with Crippen molar-refractivity contribution >= 4 is 27.6 Å². The number of carboxylic acids is 1. The summed E-state index contributed by atoms with van der Waals surface area (Å²) in [5.41, 5.74) is 1.20. The number of nitrogens with zero attached hydrogens (tertiary/aromatic N) is 4. The van der Waals surface area contributed by atoms with Crippen LogP contribution in [-0.4, -0.2) is 52.7 Å². The molecule has 1 saturated heterocycles. The molecule has 0 radical (unpaired) electrons. The minimum Gasteiger partial charge on any atom is -0.480 e. The van der Waals surface area contributed by atoms with Gasteiger partial charge in [-0.2, -0.15) is 0 Å². The first-order chi connectivity index (χ1) is 12.3. The molecule has 0 bridgehead atoms. The highest BCUT2D eigenvalue weighted by atomic mass is 32.2. The molecule has 2 aromatic rings. The number of anilines is 1. The highest BCUT2D eigenvalue weighted by molar-refractivity contribution is 7.93. The van der Waals surface area contributed by atoms with Crippen LogP contribution < -0.4 is 9.62 Å². The summed E-state index contributed by atoms with van der Waals surface area (Å²) >= 11 is 0. The summed E-state index contributed by atoms with van der Waals surface area (Å²) in [6.07, 6.45) is 1.99. The minimum atomic E-state index is -3.31. The standard InChI is InChI=1S/C15H17N5O5S/c21-14(22)10-19-9-12(17-18-19)8-16-15(23)11-3-1-4-13(7-11)20-5-2-6-26(20,24)25/h1,3-4,7,9H,2,5-6,8,10H2,(H,16,23)(H,21,22). The molecule has 0 spiro atoms. The average molecular weight is 379 g/mol. The number of benzene rings is 1. The summed E-state index contributed by atoms with van der Waals surface area (Å²) in [5.74, 6) is -1.33. The molecule has 1 aliphatic rings. The highest BCUT2D eigenvalue weighted by Crippen LogP contribution is 2.24. The van der Waals surface area contributed by atoms with Crippen LogP contribution in [0, 0.1) is 0 Å². The lowest BCUT2D eigenvalue weighted by Crippen LogP contribution is -2.26. The zero-order valence-corrected chi connectivity index (χ0v) is 14.5. The molecule has 1 amide bonds. The zero-order chi connectivity index (χ0) is 18.7. The molecule has 2 N–H and O–H groups in total. The maximum atomic E-state index is 12.3. The Hall–Kier alpha value is -2.95. The van der Waals surface area contributed by atoms with Gasteiger partial charge in [-0.3, -0.25) is 13.9 Å². The van der Waals surface area contributed by atoms with Crippen molar-refractivity contribution in [2.24, 2.45) is 0 Å². The maximum absolute atomic E-state index is 12.3. The number of carbonyl (C=O) groups excluding carboxylic acids is 1. The summed E-state index contributed by atoms with van der Waals surface area (Å²) in [6.45, 7) is 0.165. The third-order valence-corrected chi connectivity index (χ3v) is 5.68. The van der Waals surface area contributed by atoms with Crippen molar-refractivity contribution in [2.75, 3.05) is 16.6 Å². The van der Waals surface area contributed by atoms with E-state index in [0.717, 1.165) is 4.68 Å². The van der Waals surface area contributed by atoms with Gasteiger partial charge in [-0.25, -0.2) is 13.1 Å². The van der Waals surface area contributed by atoms with Gasteiger partial charge in [0.1, 0.15) is 12.2 Å². The van der Waals surface area contributed by atoms with E-state index < -0.39 is 21.9 Å². The predicted molar refractivity (Wildman–Crippen MR) is 91.0 cm³/mol. The van der Waals surface area contributed by atoms with Crippen LogP contribution in [0.25, 0.3) is 0 Å². The molecule has 1 aromatic carbocycles. The van der Waals surface area contributed by atoms with Crippen molar-refractivity contribution in [1.29, 1.82) is 0 Å². The Balaban J connectivity index is 1.66. The minimum absolute atomic E-state index is 0.0741. The number of aromatic nitrogens is 3. The van der Waals surface area contributed by atoms with Crippen molar-refractivity contribution in [2.45, 2.75) is 19.5 Å². The van der Waals surface area contributed by atoms with Crippen LogP contribution in [-0.2, 0) is 27.9 Å². The molecule has 0 saturated carbocycles. The summed E-state index contributed by atoms with van der Waals surface area (Å²) in [4.78, 5) is 22.9. The largest absolute Gasteiger partial charge is 0.480 e. The first-order valence-corrected chi connectivity index (χ1v) is 9.45. The summed E-state index contributed by atoms with van der Waals surface area (Å²) in [5, 5.41) is 18.8. The number of sulfonamides is 1. The molecule has 26 heavy (non-hydrogen) atoms. The Kier molecular flexibility index (Phi) is 4.89. The maximum Gasteiger partial charge on any atom is 0.325 e. The van der Waals surface area contributed by atoms with E-state index in [9.17, 15) is 18.0 Å². The third kappa shape index (κ3) is 3.99. The number of aliphatic carboxylic acids is 1. The van der Waals surface area contributed by atoms with Gasteiger partial charge in [0.2, 0.25) is 10.0 Å². The number of hydrogen-bond acceptors (Lipinski definition) is 6. The Labute approximate surface area is 149 Å². The van der Waals surface area contributed by atoms with Gasteiger partial charge in [-0.05, 0) is 24.6 Å². The van der Waals surface area contributed by atoms with E-state index >= 15 is 0 Å². The van der Waals surface area contributed by atoms with Crippen molar-refractivity contribution in [3.63, 3.8) is 0 Å². The Morgan fingerprint density at radius 1 is 1.31 bits per heavy atom. The molecule has 11 heteroatoms. The monoisotopic (exact) mass is 379 g/mol. The lowest BCUT2D eigenvalue weighted by atomic mass is 10.2. The van der Waals surface area contributed by atoms with E-state index in [0.29, 0.717) is 29.9 Å². The van der Waals surface area contributed by atoms with E-state index in [1.807, 2.05) is 0 Å². The first-order valence-electron chi connectivity index (χ1n) is 7.85. The topological polar surface area (TPSA) is 134 Å². The number of rotatable bonds is 6. The van der Waals surface area contributed by atoms with E-state index in [-0.39, 0.29) is 18.8 Å². The van der Waals surface area contributed by atoms with E-state index in [1.165, 1.54) is 16.6 Å². The Morgan fingerprint density at radius 2 is 2.12 bits per heavy atom. The molecule has 3 rings (SSSR count). The molecule has 1 aromatic heterocycles. The molecular weight excluding hydrogens is 362 g/mol. The number of carbonyl (C=O) groups is 2. The van der Waals surface area contributed by atoms with E-state index in [1.54, 1.807) is 18.2 Å². The van der Waals surface area contributed by atoms with Gasteiger partial charge in [0, 0.05) is 12.1 Å².